The molecule has 0 aliphatic heterocycles. The Kier molecular flexibility index (Phi) is 5.72. The van der Waals surface area contributed by atoms with Gasteiger partial charge in [0, 0.05) is 15.8 Å². The van der Waals surface area contributed by atoms with E-state index in [9.17, 15) is 21.9 Å². The molecule has 2 rings (SSSR count). The fraction of sp³-hybridized carbons (Fsp3) is 0.200. The van der Waals surface area contributed by atoms with Crippen molar-refractivity contribution in [1.82, 2.24) is 0 Å². The van der Waals surface area contributed by atoms with Crippen molar-refractivity contribution in [3.63, 3.8) is 0 Å². The first-order valence-electron chi connectivity index (χ1n) is 6.99. The van der Waals surface area contributed by atoms with Gasteiger partial charge in [-0.15, -0.1) is 0 Å². The second kappa shape index (κ2) is 7.14. The summed E-state index contributed by atoms with van der Waals surface area (Å²) in [6.45, 7) is 1.78. The Labute approximate surface area is 159 Å². The van der Waals surface area contributed by atoms with Crippen LogP contribution in [0.4, 0.5) is 5.69 Å². The number of phenols is 1. The van der Waals surface area contributed by atoms with E-state index in [-0.39, 0.29) is 26.3 Å². The topological polar surface area (TPSA) is 101 Å². The Bertz CT molecular complexity index is 1040. The van der Waals surface area contributed by atoms with Gasteiger partial charge in [0.1, 0.15) is 10.6 Å². The number of phenolic OH excluding ortho intramolecular Hbond substituents is 1. The summed E-state index contributed by atoms with van der Waals surface area (Å²) < 4.78 is 51.3. The number of aryl methyl sites for hydroxylation is 1. The minimum Gasteiger partial charge on any atom is -0.506 e. The summed E-state index contributed by atoms with van der Waals surface area (Å²) in [6, 6.07) is 6.55. The quantitative estimate of drug-likeness (QED) is 0.698. The number of rotatable bonds is 5. The summed E-state index contributed by atoms with van der Waals surface area (Å²) in [5.74, 6) is -0.358. The number of anilines is 1. The van der Waals surface area contributed by atoms with E-state index in [0.717, 1.165) is 12.3 Å². The molecule has 0 saturated heterocycles. The van der Waals surface area contributed by atoms with Gasteiger partial charge in [-0.1, -0.05) is 34.5 Å². The van der Waals surface area contributed by atoms with Crippen LogP contribution in [-0.4, -0.2) is 28.2 Å². The van der Waals surface area contributed by atoms with Gasteiger partial charge in [0.15, 0.2) is 9.84 Å². The Hall–Kier alpha value is -1.29. The highest BCUT2D eigenvalue weighted by Crippen LogP contribution is 2.33. The van der Waals surface area contributed by atoms with Crippen molar-refractivity contribution in [3.8, 4) is 5.75 Å². The van der Waals surface area contributed by atoms with Crippen LogP contribution >= 0.6 is 27.5 Å². The fourth-order valence-electron chi connectivity index (χ4n) is 2.15. The largest absolute Gasteiger partial charge is 0.506 e. The van der Waals surface area contributed by atoms with Gasteiger partial charge in [-0.3, -0.25) is 4.72 Å². The third-order valence-corrected chi connectivity index (χ3v) is 6.50. The summed E-state index contributed by atoms with van der Waals surface area (Å²) in [5, 5.41) is 10.3. The number of halogens is 2. The smallest absolute Gasteiger partial charge is 0.265 e. The van der Waals surface area contributed by atoms with Crippen molar-refractivity contribution in [3.05, 3.63) is 45.4 Å². The second-order valence-electron chi connectivity index (χ2n) is 5.32. The molecule has 0 atom stereocenters. The summed E-state index contributed by atoms with van der Waals surface area (Å²) in [7, 11) is -7.73. The lowest BCUT2D eigenvalue weighted by Crippen LogP contribution is -2.14. The third kappa shape index (κ3) is 4.66. The molecule has 136 valence electrons. The van der Waals surface area contributed by atoms with Crippen molar-refractivity contribution in [2.24, 2.45) is 0 Å². The molecule has 0 heterocycles. The number of benzene rings is 2. The fourth-order valence-corrected chi connectivity index (χ4v) is 4.99. The van der Waals surface area contributed by atoms with Gasteiger partial charge in [-0.25, -0.2) is 16.8 Å². The lowest BCUT2D eigenvalue weighted by molar-refractivity contribution is 0.452. The molecule has 0 radical (unpaired) electrons. The molecule has 0 saturated carbocycles. The van der Waals surface area contributed by atoms with E-state index < -0.39 is 19.9 Å². The Morgan fingerprint density at radius 1 is 1.12 bits per heavy atom. The van der Waals surface area contributed by atoms with Crippen LogP contribution in [0.25, 0.3) is 0 Å². The highest BCUT2D eigenvalue weighted by atomic mass is 79.9. The van der Waals surface area contributed by atoms with Crippen LogP contribution in [0.1, 0.15) is 12.5 Å². The molecule has 0 fully saturated rings. The normalized spacial score (nSPS) is 12.2. The molecule has 0 aliphatic carbocycles. The zero-order valence-corrected chi connectivity index (χ0v) is 17.2. The van der Waals surface area contributed by atoms with Gasteiger partial charge >= 0.3 is 0 Å². The first kappa shape index (κ1) is 20.0. The molecule has 6 nitrogen and oxygen atoms in total. The van der Waals surface area contributed by atoms with E-state index in [2.05, 4.69) is 20.7 Å². The summed E-state index contributed by atoms with van der Waals surface area (Å²) in [6.07, 6.45) is 1.42. The van der Waals surface area contributed by atoms with E-state index in [1.807, 2.05) is 0 Å². The van der Waals surface area contributed by atoms with Gasteiger partial charge in [-0.2, -0.15) is 0 Å². The zero-order valence-electron chi connectivity index (χ0n) is 13.2. The number of sulfone groups is 1. The van der Waals surface area contributed by atoms with E-state index in [1.165, 1.54) is 18.2 Å². The molecule has 0 aromatic heterocycles. The summed E-state index contributed by atoms with van der Waals surface area (Å²) in [4.78, 5) is -0.440. The van der Waals surface area contributed by atoms with Crippen molar-refractivity contribution in [1.29, 1.82) is 0 Å². The van der Waals surface area contributed by atoms with Gasteiger partial charge in [0.2, 0.25) is 0 Å². The van der Waals surface area contributed by atoms with Gasteiger partial charge in [-0.05, 0) is 42.3 Å². The molecule has 2 aromatic rings. The van der Waals surface area contributed by atoms with Crippen molar-refractivity contribution >= 4 is 53.1 Å². The van der Waals surface area contributed by atoms with Crippen LogP contribution in [0.2, 0.25) is 5.02 Å². The molecule has 0 bridgehead atoms. The van der Waals surface area contributed by atoms with E-state index in [1.54, 1.807) is 13.0 Å². The summed E-state index contributed by atoms with van der Waals surface area (Å²) >= 11 is 9.09. The minimum absolute atomic E-state index is 0.0228. The van der Waals surface area contributed by atoms with Crippen LogP contribution in [0.15, 0.2) is 44.6 Å². The van der Waals surface area contributed by atoms with E-state index in [4.69, 9.17) is 11.6 Å². The minimum atomic E-state index is -4.16. The molecule has 0 spiro atoms. The second-order valence-corrected chi connectivity index (χ2v) is 10.3. The first-order valence-corrected chi connectivity index (χ1v) is 11.5. The van der Waals surface area contributed by atoms with Crippen LogP contribution in [0.3, 0.4) is 0 Å². The Morgan fingerprint density at radius 2 is 1.76 bits per heavy atom. The molecule has 10 heteroatoms. The van der Waals surface area contributed by atoms with Crippen LogP contribution in [0.5, 0.6) is 5.75 Å². The third-order valence-electron chi connectivity index (χ3n) is 3.34. The van der Waals surface area contributed by atoms with E-state index >= 15 is 0 Å². The standard InChI is InChI=1S/C15H15BrClNO5S2/c1-3-9-4-10(16)5-14(15(9)19)25(22,23)18-12-6-11(17)7-13(8-12)24(2,20)21/h4-8,18-19H,3H2,1-2H3. The van der Waals surface area contributed by atoms with Crippen LogP contribution in [0, 0.1) is 0 Å². The van der Waals surface area contributed by atoms with Gasteiger partial charge in [0.05, 0.1) is 10.6 Å². The number of sulfonamides is 1. The Balaban J connectivity index is 2.54. The highest BCUT2D eigenvalue weighted by molar-refractivity contribution is 9.10. The number of hydrogen-bond acceptors (Lipinski definition) is 5. The van der Waals surface area contributed by atoms with Crippen LogP contribution in [-0.2, 0) is 26.3 Å². The molecule has 2 aromatic carbocycles. The summed E-state index contributed by atoms with van der Waals surface area (Å²) in [5.41, 5.74) is 0.433. The maximum atomic E-state index is 12.6. The maximum absolute atomic E-state index is 12.6. The number of aromatic hydroxyl groups is 1. The lowest BCUT2D eigenvalue weighted by atomic mass is 10.1. The SMILES string of the molecule is CCc1cc(Br)cc(S(=O)(=O)Nc2cc(Cl)cc(S(C)(=O)=O)c2)c1O. The lowest BCUT2D eigenvalue weighted by Gasteiger charge is -2.13. The predicted octanol–water partition coefficient (Wildman–Crippen LogP) is 3.57. The van der Waals surface area contributed by atoms with Crippen molar-refractivity contribution < 1.29 is 21.9 Å². The molecular weight excluding hydrogens is 454 g/mol. The average Bonchev–Trinajstić information content (AvgIpc) is 2.47. The molecule has 25 heavy (non-hydrogen) atoms. The highest BCUT2D eigenvalue weighted by Gasteiger charge is 2.22. The maximum Gasteiger partial charge on any atom is 0.265 e. The van der Waals surface area contributed by atoms with Crippen LogP contribution < -0.4 is 4.72 Å². The monoisotopic (exact) mass is 467 g/mol. The number of nitrogens with one attached hydrogen (secondary N) is 1. The number of hydrogen-bond donors (Lipinski definition) is 2. The predicted molar refractivity (Wildman–Crippen MR) is 101 cm³/mol. The first-order chi connectivity index (χ1) is 11.4. The Morgan fingerprint density at radius 3 is 2.32 bits per heavy atom. The molecule has 0 unspecified atom stereocenters. The molecule has 0 aliphatic rings. The molecular formula is C15H15BrClNO5S2. The van der Waals surface area contributed by atoms with Gasteiger partial charge < -0.3 is 5.11 Å². The van der Waals surface area contributed by atoms with Crippen molar-refractivity contribution in [2.45, 2.75) is 23.1 Å². The van der Waals surface area contributed by atoms with E-state index in [0.29, 0.717) is 16.5 Å². The average molecular weight is 469 g/mol. The zero-order chi connectivity index (χ0) is 19.0. The molecule has 2 N–H and O–H groups in total. The van der Waals surface area contributed by atoms with Crippen molar-refractivity contribution in [2.75, 3.05) is 11.0 Å². The van der Waals surface area contributed by atoms with Gasteiger partial charge in [0.25, 0.3) is 10.0 Å². The molecule has 0 amide bonds.